The van der Waals surface area contributed by atoms with E-state index in [4.69, 9.17) is 11.6 Å². The van der Waals surface area contributed by atoms with Crippen molar-refractivity contribution in [3.05, 3.63) is 22.8 Å². The minimum Gasteiger partial charge on any atom is -0.392 e. The van der Waals surface area contributed by atoms with Crippen LogP contribution in [0.25, 0.3) is 0 Å². The van der Waals surface area contributed by atoms with Gasteiger partial charge in [0, 0.05) is 24.8 Å². The predicted molar refractivity (Wildman–Crippen MR) is 79.6 cm³/mol. The molecule has 0 radical (unpaired) electrons. The van der Waals surface area contributed by atoms with Gasteiger partial charge in [0.1, 0.15) is 5.82 Å². The van der Waals surface area contributed by atoms with E-state index in [0.717, 1.165) is 30.4 Å². The number of rotatable bonds is 2. The third kappa shape index (κ3) is 3.40. The Labute approximate surface area is 120 Å². The summed E-state index contributed by atoms with van der Waals surface area (Å²) in [6.07, 6.45) is 4.03. The van der Waals surface area contributed by atoms with Crippen molar-refractivity contribution in [3.63, 3.8) is 0 Å². The summed E-state index contributed by atoms with van der Waals surface area (Å²) < 4.78 is 0. The molecule has 2 heterocycles. The number of aromatic nitrogens is 1. The van der Waals surface area contributed by atoms with Gasteiger partial charge >= 0.3 is 0 Å². The molecule has 1 aliphatic heterocycles. The topological polar surface area (TPSA) is 36.4 Å². The highest BCUT2D eigenvalue weighted by molar-refractivity contribution is 6.31. The van der Waals surface area contributed by atoms with Crippen molar-refractivity contribution in [2.45, 2.75) is 40.2 Å². The van der Waals surface area contributed by atoms with E-state index in [2.05, 4.69) is 30.7 Å². The number of halogens is 1. The third-order valence-electron chi connectivity index (χ3n) is 4.13. The molecule has 0 aromatic carbocycles. The second-order valence-corrected chi connectivity index (χ2v) is 6.83. The molecule has 3 nitrogen and oxygen atoms in total. The average Bonchev–Trinajstić information content (AvgIpc) is 2.38. The molecule has 0 spiro atoms. The van der Waals surface area contributed by atoms with Gasteiger partial charge in [0.15, 0.2) is 0 Å². The highest BCUT2D eigenvalue weighted by Crippen LogP contribution is 2.35. The summed E-state index contributed by atoms with van der Waals surface area (Å²) in [5.74, 6) is 1.70. The third-order valence-corrected chi connectivity index (χ3v) is 4.47. The van der Waals surface area contributed by atoms with Gasteiger partial charge in [-0.1, -0.05) is 32.4 Å². The fraction of sp³-hybridized carbons (Fsp3) is 0.667. The van der Waals surface area contributed by atoms with Gasteiger partial charge in [-0.15, -0.1) is 0 Å². The first-order chi connectivity index (χ1) is 8.91. The van der Waals surface area contributed by atoms with Crippen LogP contribution in [0.1, 0.15) is 39.2 Å². The molecular weight excluding hydrogens is 260 g/mol. The highest BCUT2D eigenvalue weighted by Gasteiger charge is 2.29. The van der Waals surface area contributed by atoms with Crippen molar-refractivity contribution in [1.82, 2.24) is 4.98 Å². The zero-order valence-corrected chi connectivity index (χ0v) is 12.7. The quantitative estimate of drug-likeness (QED) is 0.902. The number of nitrogens with zero attached hydrogens (tertiary/aromatic N) is 2. The molecule has 2 rings (SSSR count). The van der Waals surface area contributed by atoms with Crippen LogP contribution in [0.4, 0.5) is 5.82 Å². The van der Waals surface area contributed by atoms with Gasteiger partial charge in [0.2, 0.25) is 0 Å². The summed E-state index contributed by atoms with van der Waals surface area (Å²) in [6.45, 7) is 8.98. The lowest BCUT2D eigenvalue weighted by Crippen LogP contribution is -2.38. The van der Waals surface area contributed by atoms with E-state index < -0.39 is 0 Å². The fourth-order valence-electron chi connectivity index (χ4n) is 2.74. The van der Waals surface area contributed by atoms with E-state index in [1.807, 2.05) is 6.07 Å². The van der Waals surface area contributed by atoms with Gasteiger partial charge in [0.05, 0.1) is 11.6 Å². The monoisotopic (exact) mass is 282 g/mol. The number of hydrogen-bond acceptors (Lipinski definition) is 3. The Morgan fingerprint density at radius 2 is 2.00 bits per heavy atom. The molecule has 19 heavy (non-hydrogen) atoms. The molecule has 0 saturated carbocycles. The molecule has 1 N–H and O–H groups in total. The zero-order chi connectivity index (χ0) is 14.0. The van der Waals surface area contributed by atoms with Gasteiger partial charge in [-0.2, -0.15) is 0 Å². The second-order valence-electron chi connectivity index (χ2n) is 6.42. The molecule has 1 saturated heterocycles. The number of piperidine rings is 1. The number of aliphatic hydroxyl groups excluding tert-OH is 1. The Balaban J connectivity index is 2.05. The summed E-state index contributed by atoms with van der Waals surface area (Å²) in [7, 11) is 0. The van der Waals surface area contributed by atoms with E-state index in [1.165, 1.54) is 12.8 Å². The number of aliphatic hydroxyl groups is 1. The van der Waals surface area contributed by atoms with Crippen LogP contribution in [0.2, 0.25) is 5.02 Å². The minimum absolute atomic E-state index is 0.0349. The molecule has 0 atom stereocenters. The molecule has 0 aliphatic carbocycles. The first-order valence-corrected chi connectivity index (χ1v) is 7.30. The maximum atomic E-state index is 9.26. The Kier molecular flexibility index (Phi) is 4.36. The standard InChI is InChI=1S/C15H23ClN2O/c1-15(2,3)12-4-6-18(7-5-12)14-8-11(10-19)13(16)9-17-14/h8-9,12,19H,4-7,10H2,1-3H3. The Hall–Kier alpha value is -0.800. The highest BCUT2D eigenvalue weighted by atomic mass is 35.5. The van der Waals surface area contributed by atoms with E-state index >= 15 is 0 Å². The summed E-state index contributed by atoms with van der Waals surface area (Å²) in [5.41, 5.74) is 1.14. The molecule has 1 aromatic heterocycles. The van der Waals surface area contributed by atoms with Crippen molar-refractivity contribution >= 4 is 17.4 Å². The first-order valence-electron chi connectivity index (χ1n) is 6.92. The first kappa shape index (κ1) is 14.6. The molecular formula is C15H23ClN2O. The van der Waals surface area contributed by atoms with Crippen molar-refractivity contribution in [3.8, 4) is 0 Å². The van der Waals surface area contributed by atoms with Gasteiger partial charge in [-0.3, -0.25) is 0 Å². The molecule has 1 fully saturated rings. The summed E-state index contributed by atoms with van der Waals surface area (Å²) in [4.78, 5) is 6.67. The maximum Gasteiger partial charge on any atom is 0.128 e. The van der Waals surface area contributed by atoms with Crippen molar-refractivity contribution < 1.29 is 5.11 Å². The van der Waals surface area contributed by atoms with Crippen LogP contribution in [0.5, 0.6) is 0 Å². The summed E-state index contributed by atoms with van der Waals surface area (Å²) in [6, 6.07) is 1.90. The maximum absolute atomic E-state index is 9.26. The summed E-state index contributed by atoms with van der Waals surface area (Å²) in [5, 5.41) is 9.80. The lowest BCUT2D eigenvalue weighted by molar-refractivity contribution is 0.198. The van der Waals surface area contributed by atoms with Gasteiger partial charge in [0.25, 0.3) is 0 Å². The van der Waals surface area contributed by atoms with Crippen LogP contribution in [0.3, 0.4) is 0 Å². The van der Waals surface area contributed by atoms with Crippen LogP contribution < -0.4 is 4.90 Å². The molecule has 1 aromatic rings. The van der Waals surface area contributed by atoms with E-state index in [0.29, 0.717) is 10.4 Å². The van der Waals surface area contributed by atoms with Crippen LogP contribution in [0, 0.1) is 11.3 Å². The zero-order valence-electron chi connectivity index (χ0n) is 12.0. The number of hydrogen-bond donors (Lipinski definition) is 1. The SMILES string of the molecule is CC(C)(C)C1CCN(c2cc(CO)c(Cl)cn2)CC1. The van der Waals surface area contributed by atoms with E-state index in [1.54, 1.807) is 6.20 Å². The van der Waals surface area contributed by atoms with E-state index in [-0.39, 0.29) is 6.61 Å². The summed E-state index contributed by atoms with van der Waals surface area (Å²) >= 11 is 5.98. The second kappa shape index (κ2) is 5.68. The fourth-order valence-corrected chi connectivity index (χ4v) is 2.90. The Morgan fingerprint density at radius 1 is 1.37 bits per heavy atom. The Bertz CT molecular complexity index is 434. The number of pyridine rings is 1. The van der Waals surface area contributed by atoms with Crippen LogP contribution in [-0.4, -0.2) is 23.2 Å². The Morgan fingerprint density at radius 3 is 2.53 bits per heavy atom. The molecule has 106 valence electrons. The van der Waals surface area contributed by atoms with Gasteiger partial charge in [-0.25, -0.2) is 4.98 Å². The number of anilines is 1. The van der Waals surface area contributed by atoms with E-state index in [9.17, 15) is 5.11 Å². The molecule has 1 aliphatic rings. The van der Waals surface area contributed by atoms with Crippen LogP contribution >= 0.6 is 11.6 Å². The molecule has 0 unspecified atom stereocenters. The van der Waals surface area contributed by atoms with Crippen molar-refractivity contribution in [2.24, 2.45) is 11.3 Å². The lowest BCUT2D eigenvalue weighted by Gasteiger charge is -2.39. The predicted octanol–water partition coefficient (Wildman–Crippen LogP) is 3.49. The van der Waals surface area contributed by atoms with Crippen LogP contribution in [0.15, 0.2) is 12.3 Å². The lowest BCUT2D eigenvalue weighted by atomic mass is 9.75. The smallest absolute Gasteiger partial charge is 0.128 e. The average molecular weight is 283 g/mol. The van der Waals surface area contributed by atoms with Gasteiger partial charge < -0.3 is 10.0 Å². The van der Waals surface area contributed by atoms with Gasteiger partial charge in [-0.05, 0) is 30.2 Å². The van der Waals surface area contributed by atoms with Crippen molar-refractivity contribution in [1.29, 1.82) is 0 Å². The molecule has 0 amide bonds. The van der Waals surface area contributed by atoms with Crippen LogP contribution in [-0.2, 0) is 6.61 Å². The largest absolute Gasteiger partial charge is 0.392 e. The van der Waals surface area contributed by atoms with Crippen molar-refractivity contribution in [2.75, 3.05) is 18.0 Å². The normalized spacial score (nSPS) is 17.8. The molecule has 4 heteroatoms. The molecule has 0 bridgehead atoms. The minimum atomic E-state index is -0.0349.